The predicted octanol–water partition coefficient (Wildman–Crippen LogP) is 2.82. The molecule has 0 bridgehead atoms. The average Bonchev–Trinajstić information content (AvgIpc) is 3.03. The van der Waals surface area contributed by atoms with Crippen LogP contribution < -0.4 is 25.0 Å². The standard InChI is InChI=1S/C23H25ClN4O5S/c1-14(29)25-10-11-27-19(13-21(30)26-15-4-7-17(32-2)8-5-15)22(31)28(23(27)34)16-6-9-20(33-3)18(24)12-16/h4-9,12,19H,10-11,13H2,1-3H3,(H,25,29)(H,26,30). The van der Waals surface area contributed by atoms with Gasteiger partial charge in [0.25, 0.3) is 5.91 Å². The summed E-state index contributed by atoms with van der Waals surface area (Å²) in [6.07, 6.45) is -0.133. The molecule has 0 radical (unpaired) electrons. The van der Waals surface area contributed by atoms with Crippen LogP contribution in [0.3, 0.4) is 0 Å². The third-order valence-corrected chi connectivity index (χ3v) is 5.90. The number of nitrogens with one attached hydrogen (secondary N) is 2. The smallest absolute Gasteiger partial charge is 0.256 e. The number of anilines is 2. The van der Waals surface area contributed by atoms with Crippen molar-refractivity contribution in [3.8, 4) is 11.5 Å². The first-order valence-corrected chi connectivity index (χ1v) is 11.2. The molecule has 0 spiro atoms. The summed E-state index contributed by atoms with van der Waals surface area (Å²) in [5.41, 5.74) is 1.03. The quantitative estimate of drug-likeness (QED) is 0.506. The molecule has 180 valence electrons. The Labute approximate surface area is 207 Å². The highest BCUT2D eigenvalue weighted by molar-refractivity contribution is 7.80. The maximum absolute atomic E-state index is 13.4. The van der Waals surface area contributed by atoms with Crippen LogP contribution in [0.5, 0.6) is 11.5 Å². The van der Waals surface area contributed by atoms with Crippen LogP contribution in [0.4, 0.5) is 11.4 Å². The molecular formula is C23H25ClN4O5S. The number of hydrogen-bond acceptors (Lipinski definition) is 6. The van der Waals surface area contributed by atoms with Crippen molar-refractivity contribution in [2.45, 2.75) is 19.4 Å². The Morgan fingerprint density at radius 2 is 1.82 bits per heavy atom. The Bertz CT molecular complexity index is 1100. The van der Waals surface area contributed by atoms with E-state index in [0.717, 1.165) is 0 Å². The Kier molecular flexibility index (Phi) is 8.30. The molecular weight excluding hydrogens is 480 g/mol. The van der Waals surface area contributed by atoms with Gasteiger partial charge >= 0.3 is 0 Å². The number of halogens is 1. The first kappa shape index (κ1) is 25.3. The van der Waals surface area contributed by atoms with Gasteiger partial charge in [0.15, 0.2) is 5.11 Å². The van der Waals surface area contributed by atoms with Crippen LogP contribution in [-0.2, 0) is 14.4 Å². The summed E-state index contributed by atoms with van der Waals surface area (Å²) in [5, 5.41) is 6.02. The summed E-state index contributed by atoms with van der Waals surface area (Å²) in [7, 11) is 3.05. The lowest BCUT2D eigenvalue weighted by Crippen LogP contribution is -2.42. The van der Waals surface area contributed by atoms with E-state index < -0.39 is 6.04 Å². The molecule has 3 amide bonds. The Hall–Kier alpha value is -3.37. The van der Waals surface area contributed by atoms with Gasteiger partial charge < -0.3 is 25.0 Å². The van der Waals surface area contributed by atoms with Crippen LogP contribution in [-0.4, -0.2) is 61.1 Å². The minimum Gasteiger partial charge on any atom is -0.497 e. The SMILES string of the molecule is COc1ccc(NC(=O)CC2C(=O)N(c3ccc(OC)c(Cl)c3)C(=S)N2CCNC(C)=O)cc1. The Morgan fingerprint density at radius 3 is 2.41 bits per heavy atom. The van der Waals surface area contributed by atoms with E-state index in [1.165, 1.54) is 18.9 Å². The monoisotopic (exact) mass is 504 g/mol. The fraction of sp³-hybridized carbons (Fsp3) is 0.304. The first-order valence-electron chi connectivity index (χ1n) is 10.4. The largest absolute Gasteiger partial charge is 0.497 e. The van der Waals surface area contributed by atoms with Crippen LogP contribution in [0.2, 0.25) is 5.02 Å². The van der Waals surface area contributed by atoms with Crippen LogP contribution in [0.1, 0.15) is 13.3 Å². The minimum atomic E-state index is -0.847. The highest BCUT2D eigenvalue weighted by Crippen LogP contribution is 2.33. The number of ether oxygens (including phenoxy) is 2. The lowest BCUT2D eigenvalue weighted by molar-refractivity contribution is -0.124. The van der Waals surface area contributed by atoms with Gasteiger partial charge in [-0.2, -0.15) is 0 Å². The molecule has 2 N–H and O–H groups in total. The second-order valence-electron chi connectivity index (χ2n) is 7.45. The number of methoxy groups -OCH3 is 2. The van der Waals surface area contributed by atoms with Crippen molar-refractivity contribution in [3.63, 3.8) is 0 Å². The molecule has 1 atom stereocenters. The number of rotatable bonds is 9. The molecule has 1 unspecified atom stereocenters. The van der Waals surface area contributed by atoms with Crippen LogP contribution in [0.15, 0.2) is 42.5 Å². The van der Waals surface area contributed by atoms with Gasteiger partial charge in [0.1, 0.15) is 17.5 Å². The number of nitrogens with zero attached hydrogens (tertiary/aromatic N) is 2. The van der Waals surface area contributed by atoms with E-state index in [9.17, 15) is 14.4 Å². The molecule has 11 heteroatoms. The van der Waals surface area contributed by atoms with E-state index in [4.69, 9.17) is 33.3 Å². The van der Waals surface area contributed by atoms with E-state index in [1.807, 2.05) is 0 Å². The van der Waals surface area contributed by atoms with E-state index in [1.54, 1.807) is 54.5 Å². The third-order valence-electron chi connectivity index (χ3n) is 5.19. The van der Waals surface area contributed by atoms with E-state index in [2.05, 4.69) is 10.6 Å². The van der Waals surface area contributed by atoms with Crippen LogP contribution in [0, 0.1) is 0 Å². The van der Waals surface area contributed by atoms with Crippen molar-refractivity contribution < 1.29 is 23.9 Å². The van der Waals surface area contributed by atoms with Crippen molar-refractivity contribution in [1.29, 1.82) is 0 Å². The number of benzene rings is 2. The second kappa shape index (κ2) is 11.2. The number of carbonyl (C=O) groups is 3. The van der Waals surface area contributed by atoms with Gasteiger partial charge in [0.2, 0.25) is 11.8 Å². The Morgan fingerprint density at radius 1 is 1.12 bits per heavy atom. The molecule has 0 saturated carbocycles. The molecule has 3 rings (SSSR count). The summed E-state index contributed by atoms with van der Waals surface area (Å²) in [5.74, 6) is 0.196. The maximum Gasteiger partial charge on any atom is 0.256 e. The van der Waals surface area contributed by atoms with E-state index in [-0.39, 0.29) is 42.3 Å². The number of thiocarbonyl (C=S) groups is 1. The van der Waals surface area contributed by atoms with Crippen LogP contribution in [0.25, 0.3) is 0 Å². The van der Waals surface area contributed by atoms with Gasteiger partial charge in [-0.1, -0.05) is 11.6 Å². The molecule has 9 nitrogen and oxygen atoms in total. The molecule has 1 aliphatic rings. The number of carbonyl (C=O) groups excluding carboxylic acids is 3. The molecule has 0 aliphatic carbocycles. The summed E-state index contributed by atoms with van der Waals surface area (Å²) < 4.78 is 10.3. The number of amides is 3. The average molecular weight is 505 g/mol. The summed E-state index contributed by atoms with van der Waals surface area (Å²) in [6.45, 7) is 1.92. The molecule has 34 heavy (non-hydrogen) atoms. The highest BCUT2D eigenvalue weighted by Gasteiger charge is 2.44. The molecule has 2 aromatic carbocycles. The molecule has 1 saturated heterocycles. The van der Waals surface area contributed by atoms with E-state index in [0.29, 0.717) is 27.9 Å². The zero-order valence-electron chi connectivity index (χ0n) is 19.0. The van der Waals surface area contributed by atoms with Crippen molar-refractivity contribution in [1.82, 2.24) is 10.2 Å². The predicted molar refractivity (Wildman–Crippen MR) is 134 cm³/mol. The zero-order valence-corrected chi connectivity index (χ0v) is 20.5. The topological polar surface area (TPSA) is 100 Å². The van der Waals surface area contributed by atoms with Crippen molar-refractivity contribution in [3.05, 3.63) is 47.5 Å². The maximum atomic E-state index is 13.4. The van der Waals surface area contributed by atoms with Gasteiger partial charge in [0.05, 0.1) is 31.4 Å². The van der Waals surface area contributed by atoms with Gasteiger partial charge in [-0.25, -0.2) is 0 Å². The lowest BCUT2D eigenvalue weighted by Gasteiger charge is -2.24. The van der Waals surface area contributed by atoms with Crippen molar-refractivity contribution in [2.75, 3.05) is 37.5 Å². The summed E-state index contributed by atoms with van der Waals surface area (Å²) in [6, 6.07) is 10.9. The second-order valence-corrected chi connectivity index (χ2v) is 8.22. The van der Waals surface area contributed by atoms with Gasteiger partial charge in [-0.05, 0) is 54.7 Å². The highest BCUT2D eigenvalue weighted by atomic mass is 35.5. The normalized spacial score (nSPS) is 15.4. The van der Waals surface area contributed by atoms with Crippen molar-refractivity contribution in [2.24, 2.45) is 0 Å². The Balaban J connectivity index is 1.81. The summed E-state index contributed by atoms with van der Waals surface area (Å²) >= 11 is 11.8. The fourth-order valence-corrected chi connectivity index (χ4v) is 4.20. The van der Waals surface area contributed by atoms with Crippen molar-refractivity contribution >= 4 is 58.0 Å². The summed E-state index contributed by atoms with van der Waals surface area (Å²) in [4.78, 5) is 40.5. The molecule has 2 aromatic rings. The van der Waals surface area contributed by atoms with Gasteiger partial charge in [-0.15, -0.1) is 0 Å². The molecule has 1 aliphatic heterocycles. The fourth-order valence-electron chi connectivity index (χ4n) is 3.53. The number of hydrogen-bond donors (Lipinski definition) is 2. The zero-order chi connectivity index (χ0) is 24.8. The first-order chi connectivity index (χ1) is 16.2. The van der Waals surface area contributed by atoms with Crippen LogP contribution >= 0.6 is 23.8 Å². The molecule has 1 heterocycles. The lowest BCUT2D eigenvalue weighted by atomic mass is 10.1. The van der Waals surface area contributed by atoms with Gasteiger partial charge in [-0.3, -0.25) is 19.3 Å². The molecule has 1 fully saturated rings. The minimum absolute atomic E-state index is 0.133. The van der Waals surface area contributed by atoms with Gasteiger partial charge in [0, 0.05) is 25.7 Å². The molecule has 0 aromatic heterocycles. The van der Waals surface area contributed by atoms with E-state index >= 15 is 0 Å². The third kappa shape index (κ3) is 5.75.